The maximum Gasteiger partial charge on any atom is 0.340 e. The van der Waals surface area contributed by atoms with Gasteiger partial charge in [-0.05, 0) is 67.8 Å². The van der Waals surface area contributed by atoms with Crippen LogP contribution in [0, 0.1) is 6.92 Å². The number of benzene rings is 2. The van der Waals surface area contributed by atoms with Gasteiger partial charge in [0, 0.05) is 42.7 Å². The summed E-state index contributed by atoms with van der Waals surface area (Å²) < 4.78 is 18.7. The Hall–Kier alpha value is -4.99. The summed E-state index contributed by atoms with van der Waals surface area (Å²) in [6.45, 7) is 5.33. The molecule has 1 aliphatic rings. The maximum absolute atomic E-state index is 13.6. The lowest BCUT2D eigenvalue weighted by Crippen LogP contribution is -2.29. The highest BCUT2D eigenvalue weighted by molar-refractivity contribution is 6.06. The first-order valence-electron chi connectivity index (χ1n) is 13.8. The molecular formula is C32H34N4O6. The number of fused-ring (bicyclic) bond motifs is 3. The molecule has 0 fully saturated rings. The van der Waals surface area contributed by atoms with E-state index in [1.165, 1.54) is 6.07 Å². The van der Waals surface area contributed by atoms with E-state index in [2.05, 4.69) is 20.2 Å². The van der Waals surface area contributed by atoms with Gasteiger partial charge < -0.3 is 34.5 Å². The van der Waals surface area contributed by atoms with Crippen molar-refractivity contribution in [2.24, 2.45) is 0 Å². The van der Waals surface area contributed by atoms with Gasteiger partial charge in [-0.1, -0.05) is 12.1 Å². The number of hydrogen-bond acceptors (Lipinski definition) is 8. The number of anilines is 1. The first-order valence-corrected chi connectivity index (χ1v) is 13.8. The van der Waals surface area contributed by atoms with Gasteiger partial charge in [-0.3, -0.25) is 4.79 Å². The fourth-order valence-corrected chi connectivity index (χ4v) is 5.43. The molecule has 5 rings (SSSR count). The number of phenols is 1. The van der Waals surface area contributed by atoms with Crippen LogP contribution in [-0.2, 0) is 17.7 Å². The lowest BCUT2D eigenvalue weighted by molar-refractivity contribution is 0.0528. The van der Waals surface area contributed by atoms with Gasteiger partial charge in [-0.25, -0.2) is 9.78 Å². The van der Waals surface area contributed by atoms with Crippen molar-refractivity contribution < 1.29 is 28.9 Å². The van der Waals surface area contributed by atoms with Gasteiger partial charge in [-0.2, -0.15) is 0 Å². The Morgan fingerprint density at radius 3 is 2.55 bits per heavy atom. The van der Waals surface area contributed by atoms with Crippen LogP contribution < -0.4 is 20.1 Å². The summed E-state index contributed by atoms with van der Waals surface area (Å²) in [6, 6.07) is 14.2. The zero-order valence-corrected chi connectivity index (χ0v) is 24.1. The first-order chi connectivity index (χ1) is 20.4. The van der Waals surface area contributed by atoms with E-state index < -0.39 is 11.9 Å². The summed E-state index contributed by atoms with van der Waals surface area (Å²) in [7, 11) is 3.17. The molecule has 2 aromatic heterocycles. The number of rotatable bonds is 10. The molecule has 0 unspecified atom stereocenters. The van der Waals surface area contributed by atoms with Gasteiger partial charge in [0.1, 0.15) is 11.6 Å². The minimum absolute atomic E-state index is 0.107. The Labute approximate surface area is 244 Å². The van der Waals surface area contributed by atoms with E-state index in [9.17, 15) is 14.7 Å². The third kappa shape index (κ3) is 5.35. The van der Waals surface area contributed by atoms with Crippen LogP contribution in [0.3, 0.4) is 0 Å². The number of ether oxygens (including phenoxy) is 3. The van der Waals surface area contributed by atoms with Gasteiger partial charge in [-0.15, -0.1) is 0 Å². The molecule has 0 radical (unpaired) electrons. The van der Waals surface area contributed by atoms with Crippen LogP contribution in [0.4, 0.5) is 5.82 Å². The van der Waals surface area contributed by atoms with Crippen molar-refractivity contribution in [1.82, 2.24) is 14.9 Å². The molecular weight excluding hydrogens is 536 g/mol. The Bertz CT molecular complexity index is 1630. The molecule has 42 heavy (non-hydrogen) atoms. The molecule has 0 atom stereocenters. The van der Waals surface area contributed by atoms with Gasteiger partial charge in [0.05, 0.1) is 37.6 Å². The Balaban J connectivity index is 1.53. The number of nitrogens with one attached hydrogen (secondary N) is 2. The number of aromatic hydroxyl groups is 1. The molecule has 3 heterocycles. The highest BCUT2D eigenvalue weighted by atomic mass is 16.5. The Morgan fingerprint density at radius 2 is 1.83 bits per heavy atom. The zero-order valence-electron chi connectivity index (χ0n) is 24.1. The van der Waals surface area contributed by atoms with E-state index >= 15 is 0 Å². The van der Waals surface area contributed by atoms with E-state index in [0.29, 0.717) is 53.6 Å². The van der Waals surface area contributed by atoms with Crippen molar-refractivity contribution >= 4 is 17.7 Å². The van der Waals surface area contributed by atoms with Crippen LogP contribution in [0.25, 0.3) is 22.4 Å². The van der Waals surface area contributed by atoms with Crippen LogP contribution >= 0.6 is 0 Å². The van der Waals surface area contributed by atoms with E-state index in [4.69, 9.17) is 14.2 Å². The molecule has 1 amide bonds. The number of pyridine rings is 1. The lowest BCUT2D eigenvalue weighted by Gasteiger charge is -2.23. The van der Waals surface area contributed by atoms with Crippen molar-refractivity contribution in [1.29, 1.82) is 0 Å². The molecule has 218 valence electrons. The minimum Gasteiger partial charge on any atom is -0.507 e. The third-order valence-corrected chi connectivity index (χ3v) is 7.38. The van der Waals surface area contributed by atoms with Crippen LogP contribution in [0.2, 0.25) is 0 Å². The van der Waals surface area contributed by atoms with Crippen molar-refractivity contribution in [3.8, 4) is 39.6 Å². The second kappa shape index (κ2) is 12.3. The zero-order chi connectivity index (χ0) is 29.8. The van der Waals surface area contributed by atoms with Crippen molar-refractivity contribution in [2.45, 2.75) is 26.8 Å². The number of phenolic OH excluding ortho intramolecular Hbond substituents is 1. The standard InChI is InChI=1S/C32H34N4O6/c1-5-42-32(39)29-28(19(2)36-15-11-20-17-25(40-3)26(41-4)18-22(20)30(29)36)21-9-10-24(37)23(16-21)31(38)35-14-13-34-27-8-6-7-12-33-27/h6-10,12,16-18,37H,5,11,13-15H2,1-4H3,(H,33,34)(H,35,38). The number of methoxy groups -OCH3 is 2. The predicted octanol–water partition coefficient (Wildman–Crippen LogP) is 4.82. The smallest absolute Gasteiger partial charge is 0.340 e. The number of aryl methyl sites for hydroxylation is 1. The lowest BCUT2D eigenvalue weighted by atomic mass is 9.92. The SMILES string of the molecule is CCOC(=O)c1c(-c2ccc(O)c(C(=O)NCCNc3ccccn3)c2)c(C)n2c1-c1cc(OC)c(OC)cc1CC2. The number of nitrogens with zero attached hydrogens (tertiary/aromatic N) is 2. The molecule has 0 spiro atoms. The van der Waals surface area contributed by atoms with Gasteiger partial charge in [0.15, 0.2) is 11.5 Å². The molecule has 3 N–H and O–H groups in total. The molecule has 0 bridgehead atoms. The fraction of sp³-hybridized carbons (Fsp3) is 0.281. The third-order valence-electron chi connectivity index (χ3n) is 7.38. The van der Waals surface area contributed by atoms with Crippen LogP contribution in [0.15, 0.2) is 54.7 Å². The monoisotopic (exact) mass is 570 g/mol. The highest BCUT2D eigenvalue weighted by Crippen LogP contribution is 2.45. The molecule has 10 nitrogen and oxygen atoms in total. The van der Waals surface area contributed by atoms with Crippen LogP contribution in [0.5, 0.6) is 17.2 Å². The van der Waals surface area contributed by atoms with E-state index in [1.54, 1.807) is 39.5 Å². The normalized spacial score (nSPS) is 11.7. The number of carbonyl (C=O) groups is 2. The summed E-state index contributed by atoms with van der Waals surface area (Å²) in [4.78, 5) is 30.9. The van der Waals surface area contributed by atoms with E-state index in [0.717, 1.165) is 28.9 Å². The topological polar surface area (TPSA) is 124 Å². The molecule has 2 aromatic carbocycles. The number of aromatic nitrogens is 2. The predicted molar refractivity (Wildman–Crippen MR) is 160 cm³/mol. The average molecular weight is 571 g/mol. The Kier molecular flexibility index (Phi) is 8.33. The van der Waals surface area contributed by atoms with Crippen molar-refractivity contribution in [3.05, 3.63) is 77.1 Å². The molecule has 0 saturated carbocycles. The summed E-state index contributed by atoms with van der Waals surface area (Å²) in [5, 5.41) is 16.6. The molecule has 0 aliphatic carbocycles. The van der Waals surface area contributed by atoms with Crippen LogP contribution in [-0.4, -0.2) is 60.5 Å². The summed E-state index contributed by atoms with van der Waals surface area (Å²) in [5.74, 6) is 0.825. The quantitative estimate of drug-likeness (QED) is 0.183. The Morgan fingerprint density at radius 1 is 1.05 bits per heavy atom. The highest BCUT2D eigenvalue weighted by Gasteiger charge is 2.32. The van der Waals surface area contributed by atoms with Crippen LogP contribution in [0.1, 0.15) is 38.9 Å². The maximum atomic E-state index is 13.6. The number of carbonyl (C=O) groups excluding carboxylic acids is 2. The average Bonchev–Trinajstić information content (AvgIpc) is 3.31. The number of amides is 1. The van der Waals surface area contributed by atoms with E-state index in [1.807, 2.05) is 37.3 Å². The minimum atomic E-state index is -0.466. The molecule has 4 aromatic rings. The summed E-state index contributed by atoms with van der Waals surface area (Å²) in [6.07, 6.45) is 2.42. The largest absolute Gasteiger partial charge is 0.507 e. The van der Waals surface area contributed by atoms with Gasteiger partial charge >= 0.3 is 5.97 Å². The van der Waals surface area contributed by atoms with Crippen molar-refractivity contribution in [3.63, 3.8) is 0 Å². The molecule has 0 saturated heterocycles. The summed E-state index contributed by atoms with van der Waals surface area (Å²) >= 11 is 0. The molecule has 1 aliphatic heterocycles. The number of hydrogen-bond donors (Lipinski definition) is 3. The van der Waals surface area contributed by atoms with E-state index in [-0.39, 0.29) is 17.9 Å². The first kappa shape index (κ1) is 28.5. The number of esters is 1. The molecule has 10 heteroatoms. The summed E-state index contributed by atoms with van der Waals surface area (Å²) in [5.41, 5.74) is 5.24. The van der Waals surface area contributed by atoms with Gasteiger partial charge in [0.2, 0.25) is 0 Å². The second-order valence-electron chi connectivity index (χ2n) is 9.80. The van der Waals surface area contributed by atoms with Crippen molar-refractivity contribution in [2.75, 3.05) is 39.2 Å². The fourth-order valence-electron chi connectivity index (χ4n) is 5.43. The van der Waals surface area contributed by atoms with Gasteiger partial charge in [0.25, 0.3) is 5.91 Å². The second-order valence-corrected chi connectivity index (χ2v) is 9.80.